The van der Waals surface area contributed by atoms with Gasteiger partial charge in [-0.15, -0.1) is 0 Å². The van der Waals surface area contributed by atoms with E-state index in [9.17, 15) is 22.8 Å². The zero-order valence-corrected chi connectivity index (χ0v) is 17.5. The van der Waals surface area contributed by atoms with Crippen LogP contribution in [0.5, 0.6) is 0 Å². The van der Waals surface area contributed by atoms with E-state index in [-0.39, 0.29) is 10.5 Å². The van der Waals surface area contributed by atoms with Crippen LogP contribution in [-0.4, -0.2) is 56.9 Å². The number of carbonyl (C=O) groups excluding carboxylic acids is 3. The van der Waals surface area contributed by atoms with Crippen LogP contribution in [0, 0.1) is 6.92 Å². The minimum Gasteiger partial charge on any atom is -0.452 e. The first-order valence-electron chi connectivity index (χ1n) is 9.61. The summed E-state index contributed by atoms with van der Waals surface area (Å²) in [6.45, 7) is 4.20. The van der Waals surface area contributed by atoms with Crippen LogP contribution in [0.1, 0.15) is 48.5 Å². The van der Waals surface area contributed by atoms with Crippen LogP contribution in [0.3, 0.4) is 0 Å². The van der Waals surface area contributed by atoms with Gasteiger partial charge in [-0.1, -0.05) is 19.4 Å². The summed E-state index contributed by atoms with van der Waals surface area (Å²) in [6.07, 6.45) is 3.32. The lowest BCUT2D eigenvalue weighted by molar-refractivity contribution is -0.123. The molecule has 160 valence electrons. The van der Waals surface area contributed by atoms with Crippen molar-refractivity contribution in [1.29, 1.82) is 0 Å². The number of benzene rings is 1. The summed E-state index contributed by atoms with van der Waals surface area (Å²) in [6, 6.07) is 3.58. The van der Waals surface area contributed by atoms with Crippen molar-refractivity contribution in [2.75, 3.05) is 26.2 Å². The molecule has 0 unspecified atom stereocenters. The van der Waals surface area contributed by atoms with Crippen LogP contribution in [0.2, 0.25) is 0 Å². The molecule has 0 spiro atoms. The van der Waals surface area contributed by atoms with Crippen molar-refractivity contribution in [1.82, 2.24) is 14.9 Å². The van der Waals surface area contributed by atoms with Gasteiger partial charge in [0.05, 0.1) is 10.5 Å². The van der Waals surface area contributed by atoms with Crippen LogP contribution in [0.25, 0.3) is 0 Å². The molecule has 1 aliphatic rings. The van der Waals surface area contributed by atoms with Gasteiger partial charge in [0, 0.05) is 19.6 Å². The Bertz CT molecular complexity index is 863. The monoisotopic (exact) mass is 425 g/mol. The van der Waals surface area contributed by atoms with Crippen molar-refractivity contribution in [3.05, 3.63) is 29.3 Å². The van der Waals surface area contributed by atoms with Gasteiger partial charge in [0.25, 0.3) is 5.91 Å². The zero-order chi connectivity index (χ0) is 21.4. The van der Waals surface area contributed by atoms with E-state index in [1.54, 1.807) is 6.92 Å². The Balaban J connectivity index is 2.03. The van der Waals surface area contributed by atoms with Gasteiger partial charge in [0.2, 0.25) is 10.0 Å². The molecular formula is C19H27N3O6S. The molecule has 2 rings (SSSR count). The van der Waals surface area contributed by atoms with E-state index in [0.717, 1.165) is 19.3 Å². The summed E-state index contributed by atoms with van der Waals surface area (Å²) in [5, 5.41) is 4.50. The molecule has 0 atom stereocenters. The maximum Gasteiger partial charge on any atom is 0.338 e. The summed E-state index contributed by atoms with van der Waals surface area (Å²) < 4.78 is 32.2. The molecule has 1 aromatic rings. The number of imide groups is 1. The van der Waals surface area contributed by atoms with Crippen molar-refractivity contribution in [2.24, 2.45) is 0 Å². The number of amides is 3. The summed E-state index contributed by atoms with van der Waals surface area (Å²) in [5.41, 5.74) is 0.548. The lowest BCUT2D eigenvalue weighted by atomic mass is 10.1. The van der Waals surface area contributed by atoms with E-state index < -0.39 is 34.5 Å². The molecule has 3 amide bonds. The number of hydrogen-bond donors (Lipinski definition) is 2. The van der Waals surface area contributed by atoms with Crippen LogP contribution in [0.4, 0.5) is 4.79 Å². The third kappa shape index (κ3) is 6.26. The van der Waals surface area contributed by atoms with Crippen molar-refractivity contribution >= 4 is 27.9 Å². The second kappa shape index (κ2) is 10.4. The first-order valence-corrected chi connectivity index (χ1v) is 11.0. The summed E-state index contributed by atoms with van der Waals surface area (Å²) in [7, 11) is -3.71. The molecule has 29 heavy (non-hydrogen) atoms. The Hall–Kier alpha value is -2.46. The predicted molar refractivity (Wildman–Crippen MR) is 106 cm³/mol. The predicted octanol–water partition coefficient (Wildman–Crippen LogP) is 1.56. The maximum absolute atomic E-state index is 12.9. The molecule has 1 heterocycles. The highest BCUT2D eigenvalue weighted by Crippen LogP contribution is 2.24. The van der Waals surface area contributed by atoms with Crippen LogP contribution in [-0.2, 0) is 19.6 Å². The van der Waals surface area contributed by atoms with E-state index >= 15 is 0 Å². The van der Waals surface area contributed by atoms with E-state index in [4.69, 9.17) is 4.74 Å². The molecule has 1 fully saturated rings. The molecule has 0 saturated carbocycles. The van der Waals surface area contributed by atoms with Crippen molar-refractivity contribution in [3.63, 3.8) is 0 Å². The van der Waals surface area contributed by atoms with E-state index in [2.05, 4.69) is 5.32 Å². The molecular weight excluding hydrogens is 398 g/mol. The van der Waals surface area contributed by atoms with Crippen molar-refractivity contribution < 1.29 is 27.5 Å². The Morgan fingerprint density at radius 3 is 2.48 bits per heavy atom. The lowest BCUT2D eigenvalue weighted by Crippen LogP contribution is -2.41. The van der Waals surface area contributed by atoms with Gasteiger partial charge in [0.1, 0.15) is 0 Å². The average molecular weight is 426 g/mol. The minimum absolute atomic E-state index is 0.0226. The Labute approximate surface area is 170 Å². The first-order chi connectivity index (χ1) is 13.8. The van der Waals surface area contributed by atoms with Gasteiger partial charge < -0.3 is 10.1 Å². The van der Waals surface area contributed by atoms with Gasteiger partial charge in [-0.05, 0) is 43.9 Å². The number of sulfonamides is 1. The fourth-order valence-corrected chi connectivity index (χ4v) is 4.68. The molecule has 10 heteroatoms. The van der Waals surface area contributed by atoms with Gasteiger partial charge in [-0.25, -0.2) is 18.0 Å². The fraction of sp³-hybridized carbons (Fsp3) is 0.526. The topological polar surface area (TPSA) is 122 Å². The number of urea groups is 1. The third-order valence-corrected chi connectivity index (χ3v) is 6.52. The molecule has 0 aromatic heterocycles. The molecule has 9 nitrogen and oxygen atoms in total. The van der Waals surface area contributed by atoms with Crippen LogP contribution >= 0.6 is 0 Å². The number of carbonyl (C=O) groups is 3. The third-order valence-electron chi connectivity index (χ3n) is 4.48. The highest BCUT2D eigenvalue weighted by Gasteiger charge is 2.28. The zero-order valence-electron chi connectivity index (χ0n) is 16.7. The number of ether oxygens (including phenoxy) is 1. The fourth-order valence-electron chi connectivity index (χ4n) is 2.91. The highest BCUT2D eigenvalue weighted by atomic mass is 32.2. The molecule has 1 aliphatic heterocycles. The number of aryl methyl sites for hydroxylation is 1. The lowest BCUT2D eigenvalue weighted by Gasteiger charge is -2.26. The van der Waals surface area contributed by atoms with Gasteiger partial charge in [0.15, 0.2) is 6.61 Å². The second-order valence-corrected chi connectivity index (χ2v) is 8.73. The minimum atomic E-state index is -3.71. The van der Waals surface area contributed by atoms with Gasteiger partial charge in [-0.3, -0.25) is 10.1 Å². The molecule has 0 bridgehead atoms. The SMILES string of the molecule is CCCNC(=O)NC(=O)COC(=O)c1ccc(C)c(S(=O)(=O)N2CCCCC2)c1. The first kappa shape index (κ1) is 22.8. The maximum atomic E-state index is 12.9. The molecule has 0 radical (unpaired) electrons. The number of esters is 1. The number of nitrogens with zero attached hydrogens (tertiary/aromatic N) is 1. The number of nitrogens with one attached hydrogen (secondary N) is 2. The summed E-state index contributed by atoms with van der Waals surface area (Å²) in [4.78, 5) is 35.4. The Morgan fingerprint density at radius 2 is 1.83 bits per heavy atom. The smallest absolute Gasteiger partial charge is 0.338 e. The largest absolute Gasteiger partial charge is 0.452 e. The quantitative estimate of drug-likeness (QED) is 0.640. The number of rotatable bonds is 7. The molecule has 0 aliphatic carbocycles. The standard InChI is InChI=1S/C19H27N3O6S/c1-3-9-20-19(25)21-17(23)13-28-18(24)15-8-7-14(2)16(12-15)29(26,27)22-10-5-4-6-11-22/h7-8,12H,3-6,9-11,13H2,1-2H3,(H2,20,21,23,25). The van der Waals surface area contributed by atoms with Crippen molar-refractivity contribution in [3.8, 4) is 0 Å². The number of piperidine rings is 1. The normalized spacial score (nSPS) is 14.8. The van der Waals surface area contributed by atoms with E-state index in [0.29, 0.717) is 31.6 Å². The molecule has 1 aromatic carbocycles. The van der Waals surface area contributed by atoms with Crippen LogP contribution in [0.15, 0.2) is 23.1 Å². The average Bonchev–Trinajstić information content (AvgIpc) is 2.71. The Kier molecular flexibility index (Phi) is 8.15. The molecule has 2 N–H and O–H groups in total. The highest BCUT2D eigenvalue weighted by molar-refractivity contribution is 7.89. The van der Waals surface area contributed by atoms with Gasteiger partial charge >= 0.3 is 12.0 Å². The van der Waals surface area contributed by atoms with E-state index in [1.807, 2.05) is 12.2 Å². The second-order valence-electron chi connectivity index (χ2n) is 6.83. The van der Waals surface area contributed by atoms with Crippen molar-refractivity contribution in [2.45, 2.75) is 44.4 Å². The van der Waals surface area contributed by atoms with Crippen LogP contribution < -0.4 is 10.6 Å². The molecule has 1 saturated heterocycles. The summed E-state index contributed by atoms with van der Waals surface area (Å²) >= 11 is 0. The summed E-state index contributed by atoms with van der Waals surface area (Å²) in [5.74, 6) is -1.62. The Morgan fingerprint density at radius 1 is 1.14 bits per heavy atom. The van der Waals surface area contributed by atoms with Gasteiger partial charge in [-0.2, -0.15) is 4.31 Å². The number of hydrogen-bond acceptors (Lipinski definition) is 6. The van der Waals surface area contributed by atoms with E-state index in [1.165, 1.54) is 22.5 Å².